The van der Waals surface area contributed by atoms with Crippen LogP contribution in [0.15, 0.2) is 6.20 Å². The maximum Gasteiger partial charge on any atom is 0.356 e. The first-order valence-corrected chi connectivity index (χ1v) is 7.59. The summed E-state index contributed by atoms with van der Waals surface area (Å²) in [5.41, 5.74) is 1.05. The predicted octanol–water partition coefficient (Wildman–Crippen LogP) is -1.27. The summed E-state index contributed by atoms with van der Waals surface area (Å²) < 4.78 is 4.99. The van der Waals surface area contributed by atoms with E-state index in [-0.39, 0.29) is 18.4 Å². The highest BCUT2D eigenvalue weighted by molar-refractivity contribution is 5.95. The Kier molecular flexibility index (Phi) is 4.28. The first kappa shape index (κ1) is 15.5. The number of carbonyl (C=O) groups is 3. The number of rotatable bonds is 4. The molecule has 9 heteroatoms. The summed E-state index contributed by atoms with van der Waals surface area (Å²) in [5.74, 6) is -0.624. The summed E-state index contributed by atoms with van der Waals surface area (Å²) >= 11 is 0. The first-order valence-electron chi connectivity index (χ1n) is 7.59. The van der Waals surface area contributed by atoms with Crippen LogP contribution in [0.2, 0.25) is 0 Å². The Hall–Kier alpha value is -2.42. The summed E-state index contributed by atoms with van der Waals surface area (Å²) in [6.45, 7) is 4.16. The van der Waals surface area contributed by atoms with Crippen LogP contribution in [0.4, 0.5) is 0 Å². The minimum atomic E-state index is -0.469. The van der Waals surface area contributed by atoms with Crippen molar-refractivity contribution in [3.8, 4) is 0 Å². The zero-order valence-corrected chi connectivity index (χ0v) is 12.9. The van der Waals surface area contributed by atoms with E-state index in [1.807, 2.05) is 4.90 Å². The number of amides is 2. The SMILES string of the molecule is CCOC(=O)c1[nH]ncc1CN1CCN2C(=O)CNC(=O)[C@H]2C1. The number of nitrogens with one attached hydrogen (secondary N) is 2. The highest BCUT2D eigenvalue weighted by atomic mass is 16.5. The number of aromatic amines is 1. The van der Waals surface area contributed by atoms with Crippen LogP contribution >= 0.6 is 0 Å². The molecule has 2 N–H and O–H groups in total. The summed E-state index contributed by atoms with van der Waals surface area (Å²) in [5, 5.41) is 9.17. The van der Waals surface area contributed by atoms with E-state index in [1.165, 1.54) is 0 Å². The maximum atomic E-state index is 12.0. The molecule has 23 heavy (non-hydrogen) atoms. The van der Waals surface area contributed by atoms with Crippen LogP contribution in [0.1, 0.15) is 23.0 Å². The number of nitrogens with zero attached hydrogens (tertiary/aromatic N) is 3. The van der Waals surface area contributed by atoms with E-state index in [0.717, 1.165) is 5.56 Å². The van der Waals surface area contributed by atoms with Gasteiger partial charge in [0, 0.05) is 31.7 Å². The van der Waals surface area contributed by atoms with Crippen molar-refractivity contribution in [3.63, 3.8) is 0 Å². The van der Waals surface area contributed by atoms with Gasteiger partial charge in [0.05, 0.1) is 19.3 Å². The van der Waals surface area contributed by atoms with Gasteiger partial charge in [0.15, 0.2) is 0 Å². The Balaban J connectivity index is 1.68. The van der Waals surface area contributed by atoms with Gasteiger partial charge in [-0.15, -0.1) is 0 Å². The summed E-state index contributed by atoms with van der Waals surface area (Å²) in [7, 11) is 0. The van der Waals surface area contributed by atoms with E-state index in [1.54, 1.807) is 18.0 Å². The molecule has 124 valence electrons. The quantitative estimate of drug-likeness (QED) is 0.670. The molecule has 2 fully saturated rings. The first-order chi connectivity index (χ1) is 11.1. The van der Waals surface area contributed by atoms with Crippen LogP contribution in [0.25, 0.3) is 0 Å². The van der Waals surface area contributed by atoms with E-state index in [0.29, 0.717) is 38.5 Å². The number of fused-ring (bicyclic) bond motifs is 1. The van der Waals surface area contributed by atoms with Gasteiger partial charge in [0.1, 0.15) is 11.7 Å². The lowest BCUT2D eigenvalue weighted by Gasteiger charge is -2.42. The third kappa shape index (κ3) is 3.04. The van der Waals surface area contributed by atoms with Crippen LogP contribution in [0.3, 0.4) is 0 Å². The number of hydrogen-bond donors (Lipinski definition) is 2. The Morgan fingerprint density at radius 2 is 2.26 bits per heavy atom. The fourth-order valence-corrected chi connectivity index (χ4v) is 2.94. The van der Waals surface area contributed by atoms with E-state index in [2.05, 4.69) is 15.5 Å². The number of hydrogen-bond acceptors (Lipinski definition) is 6. The molecule has 0 spiro atoms. The standard InChI is InChI=1S/C14H19N5O4/c1-2-23-14(22)12-9(5-16-17-12)7-18-3-4-19-10(8-18)13(21)15-6-11(19)20/h5,10H,2-4,6-8H2,1H3,(H,15,21)(H,16,17)/t10-/m1/s1. The molecule has 2 aliphatic heterocycles. The van der Waals surface area contributed by atoms with E-state index < -0.39 is 12.0 Å². The lowest BCUT2D eigenvalue weighted by Crippen LogP contribution is -2.65. The molecule has 1 aromatic rings. The number of aromatic nitrogens is 2. The summed E-state index contributed by atoms with van der Waals surface area (Å²) in [6.07, 6.45) is 1.59. The van der Waals surface area contributed by atoms with Crippen LogP contribution in [-0.4, -0.2) is 76.6 Å². The topological polar surface area (TPSA) is 108 Å². The van der Waals surface area contributed by atoms with Crippen molar-refractivity contribution in [2.24, 2.45) is 0 Å². The fraction of sp³-hybridized carbons (Fsp3) is 0.571. The molecule has 2 aliphatic rings. The highest BCUT2D eigenvalue weighted by Crippen LogP contribution is 2.17. The second kappa shape index (κ2) is 6.37. The van der Waals surface area contributed by atoms with Gasteiger partial charge >= 0.3 is 5.97 Å². The fourth-order valence-electron chi connectivity index (χ4n) is 2.94. The van der Waals surface area contributed by atoms with Crippen LogP contribution < -0.4 is 5.32 Å². The molecule has 2 amide bonds. The largest absolute Gasteiger partial charge is 0.461 e. The molecule has 0 aliphatic carbocycles. The van der Waals surface area contributed by atoms with Gasteiger partial charge in [-0.3, -0.25) is 19.6 Å². The minimum absolute atomic E-state index is 0.0511. The van der Waals surface area contributed by atoms with E-state index in [4.69, 9.17) is 4.74 Å². The van der Waals surface area contributed by atoms with E-state index >= 15 is 0 Å². The number of carbonyl (C=O) groups excluding carboxylic acids is 3. The second-order valence-corrected chi connectivity index (χ2v) is 5.55. The van der Waals surface area contributed by atoms with Gasteiger partial charge in [0.25, 0.3) is 0 Å². The monoisotopic (exact) mass is 321 g/mol. The average molecular weight is 321 g/mol. The van der Waals surface area contributed by atoms with Crippen molar-refractivity contribution in [1.29, 1.82) is 0 Å². The minimum Gasteiger partial charge on any atom is -0.461 e. The third-order valence-corrected chi connectivity index (χ3v) is 4.09. The van der Waals surface area contributed by atoms with Crippen molar-refractivity contribution in [3.05, 3.63) is 17.5 Å². The molecule has 0 bridgehead atoms. The lowest BCUT2D eigenvalue weighted by atomic mass is 10.1. The molecule has 9 nitrogen and oxygen atoms in total. The predicted molar refractivity (Wildman–Crippen MR) is 78.3 cm³/mol. The molecule has 1 atom stereocenters. The number of ether oxygens (including phenoxy) is 1. The molecule has 0 saturated carbocycles. The molecule has 3 heterocycles. The zero-order valence-electron chi connectivity index (χ0n) is 12.9. The van der Waals surface area contributed by atoms with Gasteiger partial charge in [-0.2, -0.15) is 5.10 Å². The molecule has 0 radical (unpaired) electrons. The second-order valence-electron chi connectivity index (χ2n) is 5.55. The van der Waals surface area contributed by atoms with Gasteiger partial charge in [-0.1, -0.05) is 0 Å². The van der Waals surface area contributed by atoms with Crippen LogP contribution in [0, 0.1) is 0 Å². The maximum absolute atomic E-state index is 12.0. The van der Waals surface area contributed by atoms with E-state index in [9.17, 15) is 14.4 Å². The number of esters is 1. The van der Waals surface area contributed by atoms with Gasteiger partial charge in [-0.25, -0.2) is 4.79 Å². The van der Waals surface area contributed by atoms with Gasteiger partial charge < -0.3 is 15.0 Å². The normalized spacial score (nSPS) is 21.8. The molecule has 0 unspecified atom stereocenters. The number of H-pyrrole nitrogens is 1. The Morgan fingerprint density at radius 1 is 1.43 bits per heavy atom. The smallest absolute Gasteiger partial charge is 0.356 e. The molecule has 3 rings (SSSR count). The Bertz CT molecular complexity index is 628. The van der Waals surface area contributed by atoms with Crippen molar-refractivity contribution < 1.29 is 19.1 Å². The Morgan fingerprint density at radius 3 is 3.04 bits per heavy atom. The van der Waals surface area contributed by atoms with Crippen LogP contribution in [-0.2, 0) is 20.9 Å². The van der Waals surface area contributed by atoms with Gasteiger partial charge in [0.2, 0.25) is 11.8 Å². The van der Waals surface area contributed by atoms with Crippen molar-refractivity contribution >= 4 is 17.8 Å². The summed E-state index contributed by atoms with van der Waals surface area (Å²) in [6, 6.07) is -0.469. The van der Waals surface area contributed by atoms with Crippen molar-refractivity contribution in [2.45, 2.75) is 19.5 Å². The molecular weight excluding hydrogens is 302 g/mol. The average Bonchev–Trinajstić information content (AvgIpc) is 2.99. The highest BCUT2D eigenvalue weighted by Gasteiger charge is 2.38. The van der Waals surface area contributed by atoms with Gasteiger partial charge in [-0.05, 0) is 6.92 Å². The van der Waals surface area contributed by atoms with Crippen LogP contribution in [0.5, 0.6) is 0 Å². The summed E-state index contributed by atoms with van der Waals surface area (Å²) in [4.78, 5) is 39.3. The zero-order chi connectivity index (χ0) is 16.4. The Labute approximate surface area is 132 Å². The van der Waals surface area contributed by atoms with Crippen molar-refractivity contribution in [2.75, 3.05) is 32.8 Å². The van der Waals surface area contributed by atoms with Crippen molar-refractivity contribution in [1.82, 2.24) is 25.3 Å². The lowest BCUT2D eigenvalue weighted by molar-refractivity contribution is -0.149. The number of piperazine rings is 2. The third-order valence-electron chi connectivity index (χ3n) is 4.09. The molecule has 0 aromatic carbocycles. The molecular formula is C14H19N5O4. The molecule has 1 aromatic heterocycles. The molecule has 2 saturated heterocycles.